The van der Waals surface area contributed by atoms with Crippen molar-refractivity contribution in [3.05, 3.63) is 35.9 Å². The lowest BCUT2D eigenvalue weighted by Gasteiger charge is -2.21. The van der Waals surface area contributed by atoms with Crippen molar-refractivity contribution in [1.29, 1.82) is 0 Å². The van der Waals surface area contributed by atoms with Crippen LogP contribution in [0.1, 0.15) is 24.8 Å². The molecule has 2 amide bonds. The fourth-order valence-electron chi connectivity index (χ4n) is 2.43. The average Bonchev–Trinajstić information content (AvgIpc) is 2.66. The maximum absolute atomic E-state index is 12.3. The van der Waals surface area contributed by atoms with Gasteiger partial charge in [-0.1, -0.05) is 36.8 Å². The van der Waals surface area contributed by atoms with Crippen molar-refractivity contribution in [3.63, 3.8) is 0 Å². The molecule has 9 heteroatoms. The molecule has 8 N–H and O–H groups in total. The van der Waals surface area contributed by atoms with Crippen molar-refractivity contribution in [2.45, 2.75) is 43.8 Å². The number of carbonyl (C=O) groups excluding carboxylic acids is 2. The van der Waals surface area contributed by atoms with Crippen molar-refractivity contribution in [2.75, 3.05) is 13.2 Å². The molecule has 0 aliphatic heterocycles. The minimum absolute atomic E-state index is 0.0760. The lowest BCUT2D eigenvalue weighted by Crippen LogP contribution is -2.56. The summed E-state index contributed by atoms with van der Waals surface area (Å²) in [6, 6.07) is 5.50. The van der Waals surface area contributed by atoms with Crippen LogP contribution in [0.5, 0.6) is 0 Å². The van der Waals surface area contributed by atoms with Gasteiger partial charge in [0.1, 0.15) is 12.1 Å². The predicted molar refractivity (Wildman–Crippen MR) is 99.6 cm³/mol. The average molecular weight is 380 g/mol. The van der Waals surface area contributed by atoms with E-state index in [0.29, 0.717) is 19.4 Å². The van der Waals surface area contributed by atoms with E-state index in [4.69, 9.17) is 11.5 Å². The summed E-state index contributed by atoms with van der Waals surface area (Å²) >= 11 is 0. The van der Waals surface area contributed by atoms with Gasteiger partial charge in [0, 0.05) is 6.42 Å². The van der Waals surface area contributed by atoms with E-state index in [9.17, 15) is 24.6 Å². The first-order chi connectivity index (χ1) is 12.9. The summed E-state index contributed by atoms with van der Waals surface area (Å²) in [7, 11) is 0. The van der Waals surface area contributed by atoms with E-state index >= 15 is 0 Å². The fourth-order valence-corrected chi connectivity index (χ4v) is 2.43. The Morgan fingerprint density at radius 1 is 1.00 bits per heavy atom. The van der Waals surface area contributed by atoms with Crippen LogP contribution in [-0.4, -0.2) is 59.3 Å². The number of benzene rings is 1. The van der Waals surface area contributed by atoms with Crippen LogP contribution in [-0.2, 0) is 20.8 Å². The predicted octanol–water partition coefficient (Wildman–Crippen LogP) is -1.27. The zero-order valence-electron chi connectivity index (χ0n) is 15.1. The van der Waals surface area contributed by atoms with Gasteiger partial charge in [-0.15, -0.1) is 0 Å². The summed E-state index contributed by atoms with van der Waals surface area (Å²) in [6.07, 6.45) is 1.87. The summed E-state index contributed by atoms with van der Waals surface area (Å²) in [5.74, 6) is -2.59. The molecule has 1 aromatic carbocycles. The van der Waals surface area contributed by atoms with E-state index in [1.54, 1.807) is 30.3 Å². The first-order valence-corrected chi connectivity index (χ1v) is 8.83. The van der Waals surface area contributed by atoms with E-state index in [1.807, 2.05) is 0 Å². The van der Waals surface area contributed by atoms with Crippen LogP contribution in [0.4, 0.5) is 0 Å². The summed E-state index contributed by atoms with van der Waals surface area (Å²) < 4.78 is 0. The molecule has 0 fully saturated rings. The number of aliphatic hydroxyl groups excluding tert-OH is 1. The highest BCUT2D eigenvalue weighted by atomic mass is 16.4. The Labute approximate surface area is 158 Å². The van der Waals surface area contributed by atoms with Gasteiger partial charge >= 0.3 is 5.97 Å². The van der Waals surface area contributed by atoms with Gasteiger partial charge in [-0.05, 0) is 24.9 Å². The Morgan fingerprint density at radius 3 is 2.19 bits per heavy atom. The van der Waals surface area contributed by atoms with Gasteiger partial charge in [0.2, 0.25) is 11.8 Å². The SMILES string of the molecule is NCCCCC(N)C(=O)NC(CO)C(=O)NC(Cc1ccccc1)C(=O)O. The van der Waals surface area contributed by atoms with Gasteiger partial charge in [0.05, 0.1) is 12.6 Å². The maximum atomic E-state index is 12.3. The van der Waals surface area contributed by atoms with Gasteiger partial charge in [-0.2, -0.15) is 0 Å². The number of aliphatic carboxylic acids is 1. The number of aliphatic hydroxyl groups is 1. The second kappa shape index (κ2) is 12.0. The van der Waals surface area contributed by atoms with Crippen LogP contribution in [0, 0.1) is 0 Å². The maximum Gasteiger partial charge on any atom is 0.326 e. The molecule has 150 valence electrons. The largest absolute Gasteiger partial charge is 0.480 e. The first-order valence-electron chi connectivity index (χ1n) is 8.83. The number of amides is 2. The highest BCUT2D eigenvalue weighted by Gasteiger charge is 2.27. The summed E-state index contributed by atoms with van der Waals surface area (Å²) in [5, 5.41) is 23.4. The normalized spacial score (nSPS) is 14.0. The lowest BCUT2D eigenvalue weighted by molar-refractivity contribution is -0.142. The van der Waals surface area contributed by atoms with Gasteiger partial charge in [-0.3, -0.25) is 9.59 Å². The molecular weight excluding hydrogens is 352 g/mol. The van der Waals surface area contributed by atoms with Gasteiger partial charge in [-0.25, -0.2) is 4.79 Å². The molecule has 27 heavy (non-hydrogen) atoms. The standard InChI is InChI=1S/C18H28N4O5/c19-9-5-4-8-13(20)16(24)22-15(11-23)17(25)21-14(18(26)27)10-12-6-2-1-3-7-12/h1-3,6-7,13-15,23H,4-5,8-11,19-20H2,(H,21,25)(H,22,24)(H,26,27). The molecule has 0 spiro atoms. The number of hydrogen-bond acceptors (Lipinski definition) is 6. The number of unbranched alkanes of at least 4 members (excludes halogenated alkanes) is 1. The highest BCUT2D eigenvalue weighted by Crippen LogP contribution is 2.04. The molecule has 0 aromatic heterocycles. The second-order valence-corrected chi connectivity index (χ2v) is 6.22. The molecule has 0 saturated heterocycles. The van der Waals surface area contributed by atoms with Gasteiger partial charge < -0.3 is 32.3 Å². The molecule has 3 unspecified atom stereocenters. The molecule has 1 rings (SSSR count). The van der Waals surface area contributed by atoms with E-state index in [0.717, 1.165) is 12.0 Å². The quantitative estimate of drug-likeness (QED) is 0.246. The van der Waals surface area contributed by atoms with E-state index in [2.05, 4.69) is 10.6 Å². The van der Waals surface area contributed by atoms with E-state index < -0.39 is 42.5 Å². The van der Waals surface area contributed by atoms with Crippen LogP contribution in [0.25, 0.3) is 0 Å². The molecule has 3 atom stereocenters. The van der Waals surface area contributed by atoms with Crippen molar-refractivity contribution in [2.24, 2.45) is 11.5 Å². The molecule has 0 heterocycles. The minimum atomic E-state index is -1.28. The molecular formula is C18H28N4O5. The van der Waals surface area contributed by atoms with Crippen LogP contribution in [0.15, 0.2) is 30.3 Å². The zero-order valence-corrected chi connectivity index (χ0v) is 15.1. The van der Waals surface area contributed by atoms with Gasteiger partial charge in [0.15, 0.2) is 0 Å². The number of carboxylic acids is 1. The van der Waals surface area contributed by atoms with Crippen molar-refractivity contribution in [3.8, 4) is 0 Å². The summed E-state index contributed by atoms with van der Waals surface area (Å²) in [6.45, 7) is -0.182. The molecule has 9 nitrogen and oxygen atoms in total. The number of nitrogens with one attached hydrogen (secondary N) is 2. The first kappa shape index (κ1) is 22.6. The number of carbonyl (C=O) groups is 3. The topological polar surface area (TPSA) is 168 Å². The zero-order chi connectivity index (χ0) is 20.2. The molecule has 1 aromatic rings. The molecule has 0 aliphatic rings. The molecule has 0 saturated carbocycles. The second-order valence-electron chi connectivity index (χ2n) is 6.22. The van der Waals surface area contributed by atoms with Crippen LogP contribution in [0.2, 0.25) is 0 Å². The minimum Gasteiger partial charge on any atom is -0.480 e. The van der Waals surface area contributed by atoms with Crippen molar-refractivity contribution < 1.29 is 24.6 Å². The van der Waals surface area contributed by atoms with Crippen molar-refractivity contribution >= 4 is 17.8 Å². The Hall–Kier alpha value is -2.49. The smallest absolute Gasteiger partial charge is 0.326 e. The lowest BCUT2D eigenvalue weighted by atomic mass is 10.1. The van der Waals surface area contributed by atoms with Crippen molar-refractivity contribution in [1.82, 2.24) is 10.6 Å². The monoisotopic (exact) mass is 380 g/mol. The Kier molecular flexibility index (Phi) is 10.0. The summed E-state index contributed by atoms with van der Waals surface area (Å²) in [4.78, 5) is 35.8. The van der Waals surface area contributed by atoms with E-state index in [1.165, 1.54) is 0 Å². The third-order valence-corrected chi connectivity index (χ3v) is 4.02. The molecule has 0 bridgehead atoms. The van der Waals surface area contributed by atoms with Crippen LogP contribution >= 0.6 is 0 Å². The number of carboxylic acid groups (broad SMARTS) is 1. The Bertz CT molecular complexity index is 611. The van der Waals surface area contributed by atoms with E-state index in [-0.39, 0.29) is 6.42 Å². The summed E-state index contributed by atoms with van der Waals surface area (Å²) in [5.41, 5.74) is 11.9. The van der Waals surface area contributed by atoms with Crippen LogP contribution in [0.3, 0.4) is 0 Å². The van der Waals surface area contributed by atoms with Gasteiger partial charge in [0.25, 0.3) is 0 Å². The highest BCUT2D eigenvalue weighted by molar-refractivity contribution is 5.91. The Morgan fingerprint density at radius 2 is 1.63 bits per heavy atom. The fraction of sp³-hybridized carbons (Fsp3) is 0.500. The number of nitrogens with two attached hydrogens (primary N) is 2. The third kappa shape index (κ3) is 8.16. The van der Waals surface area contributed by atoms with Crippen LogP contribution < -0.4 is 22.1 Å². The number of rotatable bonds is 12. The molecule has 0 aliphatic carbocycles. The number of hydrogen-bond donors (Lipinski definition) is 6. The molecule has 0 radical (unpaired) electrons. The Balaban J connectivity index is 2.63. The third-order valence-electron chi connectivity index (χ3n) is 4.02.